The summed E-state index contributed by atoms with van der Waals surface area (Å²) < 4.78 is 0.694. The van der Waals surface area contributed by atoms with Crippen molar-refractivity contribution in [1.82, 2.24) is 15.1 Å². The van der Waals surface area contributed by atoms with Crippen LogP contribution in [0.2, 0.25) is 10.0 Å². The molecular formula is C22H20Cl2N4O2S2. The summed E-state index contributed by atoms with van der Waals surface area (Å²) in [6, 6.07) is 13.4. The second-order valence-electron chi connectivity index (χ2n) is 7.51. The zero-order chi connectivity index (χ0) is 22.7. The quantitative estimate of drug-likeness (QED) is 0.341. The second-order valence-corrected chi connectivity index (χ2v) is 10.5. The average molecular weight is 507 g/mol. The smallest absolute Gasteiger partial charge is 0.231 e. The van der Waals surface area contributed by atoms with E-state index in [0.29, 0.717) is 38.4 Å². The van der Waals surface area contributed by atoms with E-state index in [-0.39, 0.29) is 18.2 Å². The Morgan fingerprint density at radius 2 is 1.91 bits per heavy atom. The van der Waals surface area contributed by atoms with E-state index < -0.39 is 5.92 Å². The van der Waals surface area contributed by atoms with Crippen LogP contribution in [0, 0.1) is 12.8 Å². The van der Waals surface area contributed by atoms with E-state index in [1.165, 1.54) is 28.7 Å². The van der Waals surface area contributed by atoms with Crippen LogP contribution in [-0.2, 0) is 21.9 Å². The van der Waals surface area contributed by atoms with Crippen LogP contribution in [0.5, 0.6) is 0 Å². The van der Waals surface area contributed by atoms with Gasteiger partial charge in [0.1, 0.15) is 0 Å². The highest BCUT2D eigenvalue weighted by atomic mass is 35.5. The van der Waals surface area contributed by atoms with Crippen molar-refractivity contribution in [3.8, 4) is 0 Å². The maximum atomic E-state index is 12.7. The van der Waals surface area contributed by atoms with Gasteiger partial charge in [0.05, 0.1) is 5.92 Å². The fourth-order valence-corrected chi connectivity index (χ4v) is 5.84. The Balaban J connectivity index is 1.31. The van der Waals surface area contributed by atoms with Gasteiger partial charge in [-0.1, -0.05) is 82.2 Å². The van der Waals surface area contributed by atoms with Crippen LogP contribution < -0.4 is 5.32 Å². The van der Waals surface area contributed by atoms with E-state index in [4.69, 9.17) is 23.2 Å². The van der Waals surface area contributed by atoms with Crippen LogP contribution in [0.25, 0.3) is 0 Å². The molecule has 2 aromatic carbocycles. The molecule has 0 spiro atoms. The number of carbonyl (C=O) groups is 2. The fraction of sp³-hybridized carbons (Fsp3) is 0.273. The van der Waals surface area contributed by atoms with E-state index in [2.05, 4.69) is 15.5 Å². The standard InChI is InChI=1S/C22H20Cl2N4O2S2/c1-13-5-7-14(8-6-13)10-28-11-15(9-19(28)29)20(30)25-21-26-27-22(32-21)31-12-16-17(23)3-2-4-18(16)24/h2-8,15H,9-12H2,1H3,(H,25,26,30)/t15-/m0/s1. The molecule has 1 aliphatic heterocycles. The Kier molecular flexibility index (Phi) is 7.35. The second kappa shape index (κ2) is 10.2. The van der Waals surface area contributed by atoms with Crippen LogP contribution in [0.4, 0.5) is 5.13 Å². The molecule has 2 heterocycles. The summed E-state index contributed by atoms with van der Waals surface area (Å²) in [5.74, 6) is -0.0936. The van der Waals surface area contributed by atoms with Crippen molar-refractivity contribution in [3.63, 3.8) is 0 Å². The molecule has 1 aromatic heterocycles. The maximum absolute atomic E-state index is 12.7. The van der Waals surface area contributed by atoms with Gasteiger partial charge in [-0.25, -0.2) is 0 Å². The Morgan fingerprint density at radius 3 is 2.62 bits per heavy atom. The zero-order valence-electron chi connectivity index (χ0n) is 17.2. The number of rotatable bonds is 7. The minimum Gasteiger partial charge on any atom is -0.338 e. The Hall–Kier alpha value is -2.13. The summed E-state index contributed by atoms with van der Waals surface area (Å²) in [6.45, 7) is 2.92. The Bertz CT molecular complexity index is 1120. The molecule has 1 saturated heterocycles. The molecule has 32 heavy (non-hydrogen) atoms. The third-order valence-electron chi connectivity index (χ3n) is 5.12. The number of aromatic nitrogens is 2. The summed E-state index contributed by atoms with van der Waals surface area (Å²) in [5, 5.41) is 12.6. The molecule has 1 N–H and O–H groups in total. The number of anilines is 1. The van der Waals surface area contributed by atoms with Gasteiger partial charge in [-0.3, -0.25) is 9.59 Å². The van der Waals surface area contributed by atoms with Gasteiger partial charge >= 0.3 is 0 Å². The predicted molar refractivity (Wildman–Crippen MR) is 129 cm³/mol. The summed E-state index contributed by atoms with van der Waals surface area (Å²) in [6.07, 6.45) is 0.198. The lowest BCUT2D eigenvalue weighted by Gasteiger charge is -2.16. The molecule has 1 aliphatic rings. The molecule has 0 unspecified atom stereocenters. The number of likely N-dealkylation sites (tertiary alicyclic amines) is 1. The number of hydrogen-bond donors (Lipinski definition) is 1. The van der Waals surface area contributed by atoms with E-state index >= 15 is 0 Å². The molecule has 2 amide bonds. The number of nitrogens with zero attached hydrogens (tertiary/aromatic N) is 3. The number of thioether (sulfide) groups is 1. The van der Waals surface area contributed by atoms with Crippen LogP contribution in [0.1, 0.15) is 23.1 Å². The number of halogens is 2. The summed E-state index contributed by atoms with van der Waals surface area (Å²) in [4.78, 5) is 26.8. The molecule has 0 bridgehead atoms. The topological polar surface area (TPSA) is 75.2 Å². The Morgan fingerprint density at radius 1 is 1.19 bits per heavy atom. The monoisotopic (exact) mass is 506 g/mol. The highest BCUT2D eigenvalue weighted by Gasteiger charge is 2.34. The summed E-state index contributed by atoms with van der Waals surface area (Å²) in [7, 11) is 0. The highest BCUT2D eigenvalue weighted by molar-refractivity contribution is 8.00. The van der Waals surface area contributed by atoms with E-state index in [1.54, 1.807) is 23.1 Å². The molecule has 10 heteroatoms. The normalized spacial score (nSPS) is 15.9. The van der Waals surface area contributed by atoms with Gasteiger partial charge < -0.3 is 10.2 Å². The third-order valence-corrected chi connectivity index (χ3v) is 7.82. The molecular weight excluding hydrogens is 487 g/mol. The minimum absolute atomic E-state index is 0.0177. The molecule has 3 aromatic rings. The van der Waals surface area contributed by atoms with Crippen molar-refractivity contribution in [2.45, 2.75) is 30.0 Å². The summed E-state index contributed by atoms with van der Waals surface area (Å²) >= 11 is 15.1. The van der Waals surface area contributed by atoms with Gasteiger partial charge in [0.25, 0.3) is 0 Å². The van der Waals surface area contributed by atoms with E-state index in [1.807, 2.05) is 31.2 Å². The summed E-state index contributed by atoms with van der Waals surface area (Å²) in [5.41, 5.74) is 3.05. The van der Waals surface area contributed by atoms with Crippen molar-refractivity contribution in [1.29, 1.82) is 0 Å². The van der Waals surface area contributed by atoms with Crippen molar-refractivity contribution in [2.75, 3.05) is 11.9 Å². The average Bonchev–Trinajstić information content (AvgIpc) is 3.36. The van der Waals surface area contributed by atoms with Crippen LogP contribution >= 0.6 is 46.3 Å². The number of aryl methyl sites for hydroxylation is 1. The van der Waals surface area contributed by atoms with Gasteiger partial charge in [0, 0.05) is 35.3 Å². The van der Waals surface area contributed by atoms with Gasteiger partial charge in [-0.15, -0.1) is 10.2 Å². The number of nitrogens with one attached hydrogen (secondary N) is 1. The third kappa shape index (κ3) is 5.61. The largest absolute Gasteiger partial charge is 0.338 e. The molecule has 1 atom stereocenters. The molecule has 4 rings (SSSR count). The maximum Gasteiger partial charge on any atom is 0.231 e. The first-order valence-electron chi connectivity index (χ1n) is 9.92. The van der Waals surface area contributed by atoms with Crippen LogP contribution in [0.15, 0.2) is 46.8 Å². The van der Waals surface area contributed by atoms with Crippen LogP contribution in [0.3, 0.4) is 0 Å². The lowest BCUT2D eigenvalue weighted by atomic mass is 10.1. The lowest BCUT2D eigenvalue weighted by molar-refractivity contribution is -0.128. The van der Waals surface area contributed by atoms with Crippen molar-refractivity contribution in [2.24, 2.45) is 5.92 Å². The van der Waals surface area contributed by atoms with Crippen molar-refractivity contribution in [3.05, 3.63) is 69.2 Å². The van der Waals surface area contributed by atoms with Gasteiger partial charge in [0.15, 0.2) is 4.34 Å². The number of benzene rings is 2. The van der Waals surface area contributed by atoms with Crippen LogP contribution in [-0.4, -0.2) is 33.5 Å². The fourth-order valence-electron chi connectivity index (χ4n) is 3.34. The SMILES string of the molecule is Cc1ccc(CN2C[C@@H](C(=O)Nc3nnc(SCc4c(Cl)cccc4Cl)s3)CC2=O)cc1. The van der Waals surface area contributed by atoms with Gasteiger partial charge in [-0.05, 0) is 30.2 Å². The van der Waals surface area contributed by atoms with Crippen molar-refractivity contribution >= 4 is 63.2 Å². The molecule has 6 nitrogen and oxygen atoms in total. The lowest BCUT2D eigenvalue weighted by Crippen LogP contribution is -2.28. The van der Waals surface area contributed by atoms with Gasteiger partial charge in [-0.2, -0.15) is 0 Å². The number of amides is 2. The first-order chi connectivity index (χ1) is 15.4. The molecule has 166 valence electrons. The molecule has 0 radical (unpaired) electrons. The predicted octanol–water partition coefficient (Wildman–Crippen LogP) is 5.43. The molecule has 0 saturated carbocycles. The van der Waals surface area contributed by atoms with E-state index in [9.17, 15) is 9.59 Å². The molecule has 1 fully saturated rings. The Labute approximate surface area is 204 Å². The first kappa shape index (κ1) is 23.0. The first-order valence-corrected chi connectivity index (χ1v) is 12.5. The minimum atomic E-state index is -0.408. The van der Waals surface area contributed by atoms with Gasteiger partial charge in [0.2, 0.25) is 16.9 Å². The molecule has 0 aliphatic carbocycles. The highest BCUT2D eigenvalue weighted by Crippen LogP contribution is 2.34. The number of hydrogen-bond acceptors (Lipinski definition) is 6. The number of carbonyl (C=O) groups excluding carboxylic acids is 2. The van der Waals surface area contributed by atoms with E-state index in [0.717, 1.165) is 11.1 Å². The van der Waals surface area contributed by atoms with Crippen molar-refractivity contribution < 1.29 is 9.59 Å². The zero-order valence-corrected chi connectivity index (χ0v) is 20.3.